The summed E-state index contributed by atoms with van der Waals surface area (Å²) < 4.78 is 27.8. The summed E-state index contributed by atoms with van der Waals surface area (Å²) in [6.45, 7) is 0.836. The number of hydrogen-bond acceptors (Lipinski definition) is 3. The van der Waals surface area contributed by atoms with Gasteiger partial charge in [0.2, 0.25) is 0 Å². The van der Waals surface area contributed by atoms with E-state index in [2.05, 4.69) is 4.90 Å². The molecule has 2 aromatic carbocycles. The molecule has 1 aliphatic heterocycles. The summed E-state index contributed by atoms with van der Waals surface area (Å²) in [7, 11) is 0.202. The van der Waals surface area contributed by atoms with Crippen LogP contribution in [0.15, 0.2) is 41.4 Å². The zero-order valence-corrected chi connectivity index (χ0v) is 16.1. The third kappa shape index (κ3) is 2.41. The lowest BCUT2D eigenvalue weighted by Gasteiger charge is -2.21. The maximum Gasteiger partial charge on any atom is 0.270 e. The van der Waals surface area contributed by atoms with E-state index in [0.717, 1.165) is 29.5 Å². The molecular formula is C18H16Cl2N2O2S. The van der Waals surface area contributed by atoms with Crippen LogP contribution in [0, 0.1) is 0 Å². The van der Waals surface area contributed by atoms with E-state index in [-0.39, 0.29) is 14.9 Å². The van der Waals surface area contributed by atoms with E-state index >= 15 is 0 Å². The molecule has 0 fully saturated rings. The molecule has 4 rings (SSSR count). The lowest BCUT2D eigenvalue weighted by atomic mass is 10.0. The van der Waals surface area contributed by atoms with Gasteiger partial charge >= 0.3 is 0 Å². The van der Waals surface area contributed by atoms with Crippen molar-refractivity contribution in [3.8, 4) is 11.1 Å². The lowest BCUT2D eigenvalue weighted by Crippen LogP contribution is -2.18. The van der Waals surface area contributed by atoms with E-state index in [9.17, 15) is 8.42 Å². The maximum atomic E-state index is 13.2. The van der Waals surface area contributed by atoms with Gasteiger partial charge in [-0.15, -0.1) is 0 Å². The SMILES string of the molecule is CN(C)CCc1cn2c3c(cccc13)-c1ccc(Cl)c(Cl)c1S2(=O)=O. The Morgan fingerprint density at radius 1 is 1.08 bits per heavy atom. The van der Waals surface area contributed by atoms with Gasteiger partial charge in [0.1, 0.15) is 4.90 Å². The van der Waals surface area contributed by atoms with Gasteiger partial charge in [-0.1, -0.05) is 47.5 Å². The first-order valence-electron chi connectivity index (χ1n) is 7.84. The number of likely N-dealkylation sites (N-methyl/N-ethyl adjacent to an activating group) is 1. The minimum absolute atomic E-state index is 0.0744. The molecule has 0 spiro atoms. The molecule has 130 valence electrons. The van der Waals surface area contributed by atoms with E-state index in [1.54, 1.807) is 18.3 Å². The summed E-state index contributed by atoms with van der Waals surface area (Å²) in [6, 6.07) is 9.21. The molecule has 1 aromatic heterocycles. The molecule has 25 heavy (non-hydrogen) atoms. The highest BCUT2D eigenvalue weighted by molar-refractivity contribution is 7.90. The average molecular weight is 395 g/mol. The van der Waals surface area contributed by atoms with Gasteiger partial charge in [0.25, 0.3) is 10.0 Å². The topological polar surface area (TPSA) is 42.3 Å². The standard InChI is InChI=1S/C18H16Cl2N2O2S/c1-21(2)9-8-11-10-22-17-12(11)4-3-5-13(17)14-6-7-15(19)16(20)18(14)25(22,23)24/h3-7,10H,8-9H2,1-2H3. The Kier molecular flexibility index (Phi) is 3.88. The summed E-state index contributed by atoms with van der Waals surface area (Å²) in [5.41, 5.74) is 3.17. The molecule has 0 bridgehead atoms. The molecule has 0 unspecified atom stereocenters. The van der Waals surface area contributed by atoms with Crippen molar-refractivity contribution in [2.45, 2.75) is 11.3 Å². The van der Waals surface area contributed by atoms with Crippen LogP contribution >= 0.6 is 23.2 Å². The number of aromatic nitrogens is 1. The third-order valence-corrected chi connectivity index (χ3v) is 7.22. The number of rotatable bonds is 3. The summed E-state index contributed by atoms with van der Waals surface area (Å²) in [6.07, 6.45) is 2.48. The Bertz CT molecular complexity index is 1120. The maximum absolute atomic E-state index is 13.2. The lowest BCUT2D eigenvalue weighted by molar-refractivity contribution is 0.414. The predicted molar refractivity (Wildman–Crippen MR) is 102 cm³/mol. The average Bonchev–Trinajstić information content (AvgIpc) is 2.94. The summed E-state index contributed by atoms with van der Waals surface area (Å²) in [5.74, 6) is 0. The molecule has 3 aromatic rings. The highest BCUT2D eigenvalue weighted by Gasteiger charge is 2.34. The number of para-hydroxylation sites is 1. The molecule has 0 atom stereocenters. The highest BCUT2D eigenvalue weighted by atomic mass is 35.5. The minimum Gasteiger partial charge on any atom is -0.309 e. The van der Waals surface area contributed by atoms with Gasteiger partial charge in [0.05, 0.1) is 15.6 Å². The number of benzene rings is 2. The fraction of sp³-hybridized carbons (Fsp3) is 0.222. The van der Waals surface area contributed by atoms with Crippen LogP contribution in [-0.4, -0.2) is 37.9 Å². The van der Waals surface area contributed by atoms with Gasteiger partial charge < -0.3 is 4.90 Å². The van der Waals surface area contributed by atoms with Crippen LogP contribution in [0.3, 0.4) is 0 Å². The normalized spacial score (nSPS) is 14.9. The highest BCUT2D eigenvalue weighted by Crippen LogP contribution is 2.46. The predicted octanol–water partition coefficient (Wildman–Crippen LogP) is 4.27. The van der Waals surface area contributed by atoms with Crippen LogP contribution in [0.2, 0.25) is 10.0 Å². The number of fused-ring (bicyclic) bond motifs is 2. The Morgan fingerprint density at radius 2 is 1.84 bits per heavy atom. The van der Waals surface area contributed by atoms with Crippen molar-refractivity contribution in [2.24, 2.45) is 0 Å². The first-order chi connectivity index (χ1) is 11.8. The van der Waals surface area contributed by atoms with Gasteiger partial charge in [-0.05, 0) is 32.1 Å². The van der Waals surface area contributed by atoms with E-state index in [1.807, 2.05) is 32.3 Å². The Labute approximate surface area is 156 Å². The fourth-order valence-corrected chi connectivity index (χ4v) is 5.72. The second-order valence-corrected chi connectivity index (χ2v) is 8.99. The van der Waals surface area contributed by atoms with Crippen molar-refractivity contribution in [2.75, 3.05) is 20.6 Å². The number of nitrogens with zero attached hydrogens (tertiary/aromatic N) is 2. The zero-order valence-electron chi connectivity index (χ0n) is 13.8. The van der Waals surface area contributed by atoms with E-state index in [1.165, 1.54) is 3.97 Å². The van der Waals surface area contributed by atoms with Crippen molar-refractivity contribution in [1.29, 1.82) is 0 Å². The van der Waals surface area contributed by atoms with E-state index in [4.69, 9.17) is 23.2 Å². The zero-order chi connectivity index (χ0) is 17.9. The van der Waals surface area contributed by atoms with Crippen LogP contribution in [0.5, 0.6) is 0 Å². The molecule has 2 heterocycles. The molecular weight excluding hydrogens is 379 g/mol. The van der Waals surface area contributed by atoms with Gasteiger partial charge in [-0.25, -0.2) is 12.4 Å². The van der Waals surface area contributed by atoms with Crippen LogP contribution in [-0.2, 0) is 16.4 Å². The second kappa shape index (κ2) is 5.74. The van der Waals surface area contributed by atoms with Crippen molar-refractivity contribution >= 4 is 44.1 Å². The molecule has 0 radical (unpaired) electrons. The Hall–Kier alpha value is -1.53. The molecule has 4 nitrogen and oxygen atoms in total. The molecule has 0 aliphatic carbocycles. The van der Waals surface area contributed by atoms with Crippen LogP contribution < -0.4 is 0 Å². The van der Waals surface area contributed by atoms with Crippen LogP contribution in [0.1, 0.15) is 5.56 Å². The first-order valence-corrected chi connectivity index (χ1v) is 10.0. The quantitative estimate of drug-likeness (QED) is 0.520. The molecule has 0 amide bonds. The Morgan fingerprint density at radius 3 is 2.56 bits per heavy atom. The van der Waals surface area contributed by atoms with Crippen LogP contribution in [0.4, 0.5) is 0 Å². The number of hydrogen-bond donors (Lipinski definition) is 0. The van der Waals surface area contributed by atoms with Gasteiger partial charge in [-0.2, -0.15) is 0 Å². The summed E-state index contributed by atoms with van der Waals surface area (Å²) >= 11 is 12.4. The van der Waals surface area contributed by atoms with Crippen molar-refractivity contribution < 1.29 is 8.42 Å². The van der Waals surface area contributed by atoms with Crippen molar-refractivity contribution in [3.05, 3.63) is 52.1 Å². The van der Waals surface area contributed by atoms with Gasteiger partial charge in [-0.3, -0.25) is 0 Å². The van der Waals surface area contributed by atoms with Crippen LogP contribution in [0.25, 0.3) is 22.0 Å². The molecule has 7 heteroatoms. The first kappa shape index (κ1) is 16.9. The Balaban J connectivity index is 2.07. The molecule has 0 N–H and O–H groups in total. The summed E-state index contributed by atoms with van der Waals surface area (Å²) in [5, 5.41) is 1.27. The molecule has 0 saturated carbocycles. The number of halogens is 2. The minimum atomic E-state index is -3.79. The van der Waals surface area contributed by atoms with E-state index < -0.39 is 10.0 Å². The van der Waals surface area contributed by atoms with E-state index in [0.29, 0.717) is 11.1 Å². The largest absolute Gasteiger partial charge is 0.309 e. The van der Waals surface area contributed by atoms with Gasteiger partial charge in [0.15, 0.2) is 0 Å². The monoisotopic (exact) mass is 394 g/mol. The second-order valence-electron chi connectivity index (χ2n) is 6.45. The fourth-order valence-electron chi connectivity index (χ4n) is 3.36. The molecule has 1 aliphatic rings. The molecule has 0 saturated heterocycles. The van der Waals surface area contributed by atoms with Gasteiger partial charge in [0, 0.05) is 29.3 Å². The van der Waals surface area contributed by atoms with Crippen molar-refractivity contribution in [1.82, 2.24) is 8.87 Å². The third-order valence-electron chi connectivity index (χ3n) is 4.56. The van der Waals surface area contributed by atoms with Crippen molar-refractivity contribution in [3.63, 3.8) is 0 Å². The summed E-state index contributed by atoms with van der Waals surface area (Å²) in [4.78, 5) is 2.16. The smallest absolute Gasteiger partial charge is 0.270 e.